The van der Waals surface area contributed by atoms with E-state index in [1.165, 1.54) is 22.7 Å². The number of carboxylic acids is 1. The van der Waals surface area contributed by atoms with Gasteiger partial charge in [-0.25, -0.2) is 18.6 Å². The Morgan fingerprint density at radius 1 is 1.27 bits per heavy atom. The summed E-state index contributed by atoms with van der Waals surface area (Å²) < 4.78 is 28.4. The Bertz CT molecular complexity index is 1320. The van der Waals surface area contributed by atoms with Gasteiger partial charge in [0.15, 0.2) is 0 Å². The van der Waals surface area contributed by atoms with Crippen molar-refractivity contribution in [3.63, 3.8) is 0 Å². The maximum atomic E-state index is 13.6. The molecule has 4 rings (SSSR count). The molecule has 1 fully saturated rings. The van der Waals surface area contributed by atoms with E-state index < -0.39 is 23.5 Å². The molecule has 2 aromatic heterocycles. The number of aromatic nitrogens is 2. The van der Waals surface area contributed by atoms with Gasteiger partial charge in [0.05, 0.1) is 17.2 Å². The van der Waals surface area contributed by atoms with Crippen molar-refractivity contribution in [2.75, 3.05) is 23.3 Å². The number of pyridine rings is 1. The molecular formula is C23H21F2N5O3. The van der Waals surface area contributed by atoms with Crippen molar-refractivity contribution in [2.24, 2.45) is 0 Å². The topological polar surface area (TPSA) is 111 Å². The zero-order valence-electron chi connectivity index (χ0n) is 17.8. The van der Waals surface area contributed by atoms with Crippen LogP contribution in [0.25, 0.3) is 5.65 Å². The van der Waals surface area contributed by atoms with Gasteiger partial charge in [0.1, 0.15) is 17.5 Å². The summed E-state index contributed by atoms with van der Waals surface area (Å²) in [6.07, 6.45) is 0.733. The summed E-state index contributed by atoms with van der Waals surface area (Å²) in [6, 6.07) is 10.7. The number of para-hydroxylation sites is 1. The number of nitrogens with one attached hydrogen (secondary N) is 1. The molecule has 0 saturated carbocycles. The molecule has 1 aromatic carbocycles. The lowest BCUT2D eigenvalue weighted by Crippen LogP contribution is -2.40. The van der Waals surface area contributed by atoms with Crippen molar-refractivity contribution >= 4 is 23.1 Å². The largest absolute Gasteiger partial charge is 0.478 e. The second-order valence-corrected chi connectivity index (χ2v) is 8.00. The smallest absolute Gasteiger partial charge is 0.337 e. The van der Waals surface area contributed by atoms with Gasteiger partial charge in [-0.3, -0.25) is 9.20 Å². The lowest BCUT2D eigenvalue weighted by atomic mass is 10.1. The molecule has 2 N–H and O–H groups in total. The summed E-state index contributed by atoms with van der Waals surface area (Å²) in [5.41, 5.74) is 0.993. The molecule has 3 heterocycles. The fraction of sp³-hybridized carbons (Fsp3) is 0.304. The maximum Gasteiger partial charge on any atom is 0.337 e. The Morgan fingerprint density at radius 2 is 1.97 bits per heavy atom. The van der Waals surface area contributed by atoms with Crippen LogP contribution in [-0.2, 0) is 0 Å². The molecule has 170 valence electrons. The zero-order valence-corrected chi connectivity index (χ0v) is 17.8. The third-order valence-electron chi connectivity index (χ3n) is 5.72. The Morgan fingerprint density at radius 3 is 2.64 bits per heavy atom. The third kappa shape index (κ3) is 4.48. The van der Waals surface area contributed by atoms with E-state index in [0.717, 1.165) is 0 Å². The van der Waals surface area contributed by atoms with Crippen molar-refractivity contribution in [2.45, 2.75) is 31.7 Å². The molecule has 1 atom stereocenters. The molecule has 1 aliphatic heterocycles. The quantitative estimate of drug-likeness (QED) is 0.606. The van der Waals surface area contributed by atoms with Gasteiger partial charge in [-0.05, 0) is 25.1 Å². The first-order valence-corrected chi connectivity index (χ1v) is 10.4. The lowest BCUT2D eigenvalue weighted by molar-refractivity contribution is -0.0221. The number of halogens is 2. The number of alkyl halides is 2. The predicted octanol–water partition coefficient (Wildman–Crippen LogP) is 3.67. The normalized spacial score (nSPS) is 16.2. The van der Waals surface area contributed by atoms with Crippen LogP contribution >= 0.6 is 0 Å². The number of nitriles is 1. The predicted molar refractivity (Wildman–Crippen MR) is 118 cm³/mol. The number of aromatic carboxylic acids is 1. The van der Waals surface area contributed by atoms with Crippen molar-refractivity contribution in [1.29, 1.82) is 5.26 Å². The van der Waals surface area contributed by atoms with E-state index in [0.29, 0.717) is 17.1 Å². The van der Waals surface area contributed by atoms with E-state index in [1.807, 2.05) is 6.07 Å². The number of carbonyl (C=O) groups is 1. The number of rotatable bonds is 5. The standard InChI is InChI=1S/C23H21F2N5O3/c1-14(27-18-5-3-2-4-16(18)22(32)33)17-10-15(12-26)13-30-20(31)11-19(28-21(17)30)29-8-6-23(24,25)7-9-29/h2-5,10-11,13-14,27H,6-9H2,1H3,(H,32,33). The van der Waals surface area contributed by atoms with Crippen LogP contribution in [0.15, 0.2) is 47.4 Å². The molecule has 33 heavy (non-hydrogen) atoms. The van der Waals surface area contributed by atoms with Gasteiger partial charge in [-0.15, -0.1) is 0 Å². The summed E-state index contributed by atoms with van der Waals surface area (Å²) in [5.74, 6) is -3.54. The molecule has 1 aliphatic rings. The summed E-state index contributed by atoms with van der Waals surface area (Å²) >= 11 is 0. The highest BCUT2D eigenvalue weighted by Gasteiger charge is 2.34. The van der Waals surface area contributed by atoms with Gasteiger partial charge in [-0.2, -0.15) is 5.26 Å². The number of fused-ring (bicyclic) bond motifs is 1. The van der Waals surface area contributed by atoms with Crippen LogP contribution in [0.3, 0.4) is 0 Å². The first-order valence-electron chi connectivity index (χ1n) is 10.4. The second kappa shape index (κ2) is 8.50. The minimum Gasteiger partial charge on any atom is -0.478 e. The van der Waals surface area contributed by atoms with E-state index in [4.69, 9.17) is 0 Å². The number of piperidine rings is 1. The number of hydrogen-bond acceptors (Lipinski definition) is 6. The monoisotopic (exact) mass is 453 g/mol. The zero-order chi connectivity index (χ0) is 23.8. The van der Waals surface area contributed by atoms with E-state index in [9.17, 15) is 28.7 Å². The molecule has 0 amide bonds. The van der Waals surface area contributed by atoms with Gasteiger partial charge in [-0.1, -0.05) is 12.1 Å². The maximum absolute atomic E-state index is 13.6. The highest BCUT2D eigenvalue weighted by atomic mass is 19.3. The van der Waals surface area contributed by atoms with E-state index in [-0.39, 0.29) is 42.7 Å². The minimum absolute atomic E-state index is 0.0705. The summed E-state index contributed by atoms with van der Waals surface area (Å²) in [7, 11) is 0. The molecule has 0 aliphatic carbocycles. The van der Waals surface area contributed by atoms with Gasteiger partial charge < -0.3 is 15.3 Å². The van der Waals surface area contributed by atoms with Crippen LogP contribution < -0.4 is 15.8 Å². The molecule has 1 unspecified atom stereocenters. The van der Waals surface area contributed by atoms with Crippen LogP contribution in [-0.4, -0.2) is 39.5 Å². The minimum atomic E-state index is -2.73. The molecule has 10 heteroatoms. The Kier molecular flexibility index (Phi) is 5.72. The first-order chi connectivity index (χ1) is 15.7. The Labute approximate surface area is 187 Å². The molecule has 0 radical (unpaired) electrons. The number of benzene rings is 1. The fourth-order valence-corrected chi connectivity index (χ4v) is 3.93. The molecule has 8 nitrogen and oxygen atoms in total. The van der Waals surface area contributed by atoms with Crippen molar-refractivity contribution in [1.82, 2.24) is 9.38 Å². The van der Waals surface area contributed by atoms with Crippen molar-refractivity contribution in [3.8, 4) is 6.07 Å². The average Bonchev–Trinajstić information content (AvgIpc) is 2.78. The number of carboxylic acid groups (broad SMARTS) is 1. The number of hydrogen-bond donors (Lipinski definition) is 2. The first kappa shape index (κ1) is 22.2. The van der Waals surface area contributed by atoms with Crippen molar-refractivity contribution in [3.05, 3.63) is 69.6 Å². The SMILES string of the molecule is CC(Nc1ccccc1C(=O)O)c1cc(C#N)cn2c(=O)cc(N3CCC(F)(F)CC3)nc12. The fourth-order valence-electron chi connectivity index (χ4n) is 3.93. The summed E-state index contributed by atoms with van der Waals surface area (Å²) in [4.78, 5) is 30.7. The number of nitrogens with zero attached hydrogens (tertiary/aromatic N) is 4. The van der Waals surface area contributed by atoms with Gasteiger partial charge in [0.2, 0.25) is 0 Å². The van der Waals surface area contributed by atoms with Gasteiger partial charge in [0.25, 0.3) is 11.5 Å². The van der Waals surface area contributed by atoms with Gasteiger partial charge in [0, 0.05) is 49.4 Å². The van der Waals surface area contributed by atoms with Gasteiger partial charge >= 0.3 is 5.97 Å². The lowest BCUT2D eigenvalue weighted by Gasteiger charge is -2.32. The second-order valence-electron chi connectivity index (χ2n) is 8.00. The van der Waals surface area contributed by atoms with Crippen LogP contribution in [0.5, 0.6) is 0 Å². The summed E-state index contributed by atoms with van der Waals surface area (Å²) in [6.45, 7) is 1.90. The number of anilines is 2. The van der Waals surface area contributed by atoms with E-state index in [2.05, 4.69) is 10.3 Å². The average molecular weight is 453 g/mol. The third-order valence-corrected chi connectivity index (χ3v) is 5.72. The highest BCUT2D eigenvalue weighted by molar-refractivity contribution is 5.94. The van der Waals surface area contributed by atoms with Crippen LogP contribution in [0.1, 0.15) is 47.3 Å². The Balaban J connectivity index is 1.78. The van der Waals surface area contributed by atoms with Crippen LogP contribution in [0.4, 0.5) is 20.3 Å². The van der Waals surface area contributed by atoms with Crippen LogP contribution in [0, 0.1) is 11.3 Å². The highest BCUT2D eigenvalue weighted by Crippen LogP contribution is 2.30. The van der Waals surface area contributed by atoms with Crippen LogP contribution in [0.2, 0.25) is 0 Å². The molecule has 0 bridgehead atoms. The molecule has 1 saturated heterocycles. The molecular weight excluding hydrogens is 432 g/mol. The Hall–Kier alpha value is -4.00. The molecule has 3 aromatic rings. The van der Waals surface area contributed by atoms with E-state index >= 15 is 0 Å². The van der Waals surface area contributed by atoms with E-state index in [1.54, 1.807) is 36.1 Å². The van der Waals surface area contributed by atoms with Crippen molar-refractivity contribution < 1.29 is 18.7 Å². The summed E-state index contributed by atoms with van der Waals surface area (Å²) in [5, 5.41) is 22.0. The molecule has 0 spiro atoms.